The summed E-state index contributed by atoms with van der Waals surface area (Å²) in [6.45, 7) is 4.58. The molecule has 5 nitrogen and oxygen atoms in total. The highest BCUT2D eigenvalue weighted by atomic mass is 16.5. The smallest absolute Gasteiger partial charge is 0.133 e. The lowest BCUT2D eigenvalue weighted by Gasteiger charge is -2.31. The Labute approximate surface area is 125 Å². The van der Waals surface area contributed by atoms with E-state index >= 15 is 0 Å². The van der Waals surface area contributed by atoms with Crippen LogP contribution in [0.25, 0.3) is 0 Å². The van der Waals surface area contributed by atoms with E-state index in [4.69, 9.17) is 15.0 Å². The molecule has 1 aromatic heterocycles. The fourth-order valence-electron chi connectivity index (χ4n) is 2.63. The van der Waals surface area contributed by atoms with Gasteiger partial charge in [0, 0.05) is 24.7 Å². The van der Waals surface area contributed by atoms with Gasteiger partial charge in [-0.05, 0) is 38.6 Å². The molecule has 2 N–H and O–H groups in total. The van der Waals surface area contributed by atoms with Crippen LogP contribution >= 0.6 is 0 Å². The molecule has 0 amide bonds. The highest BCUT2D eigenvalue weighted by molar-refractivity contribution is 5.31. The van der Waals surface area contributed by atoms with E-state index in [1.165, 1.54) is 0 Å². The highest BCUT2D eigenvalue weighted by Crippen LogP contribution is 2.26. The van der Waals surface area contributed by atoms with E-state index in [-0.39, 0.29) is 12.1 Å². The molecule has 2 aromatic rings. The van der Waals surface area contributed by atoms with E-state index in [1.807, 2.05) is 45.2 Å². The molecular weight excluding hydrogens is 266 g/mol. The van der Waals surface area contributed by atoms with Crippen LogP contribution < -0.4 is 10.5 Å². The molecule has 0 spiro atoms. The summed E-state index contributed by atoms with van der Waals surface area (Å²) in [4.78, 5) is 2.18. The van der Waals surface area contributed by atoms with Gasteiger partial charge in [0.1, 0.15) is 11.5 Å². The lowest BCUT2D eigenvalue weighted by molar-refractivity contribution is 0.204. The van der Waals surface area contributed by atoms with E-state index in [0.29, 0.717) is 6.54 Å². The van der Waals surface area contributed by atoms with E-state index in [9.17, 15) is 0 Å². The summed E-state index contributed by atoms with van der Waals surface area (Å²) in [7, 11) is 3.71. The highest BCUT2D eigenvalue weighted by Gasteiger charge is 2.22. The molecule has 0 radical (unpaired) electrons. The lowest BCUT2D eigenvalue weighted by atomic mass is 9.99. The Kier molecular flexibility index (Phi) is 4.98. The van der Waals surface area contributed by atoms with Gasteiger partial charge < -0.3 is 15.0 Å². The van der Waals surface area contributed by atoms with Crippen molar-refractivity contribution in [2.75, 3.05) is 14.2 Å². The molecule has 2 unspecified atom stereocenters. The van der Waals surface area contributed by atoms with Crippen LogP contribution in [0, 0.1) is 6.92 Å². The lowest BCUT2D eigenvalue weighted by Crippen LogP contribution is -2.37. The van der Waals surface area contributed by atoms with Crippen LogP contribution in [0.1, 0.15) is 30.0 Å². The molecule has 0 fully saturated rings. The monoisotopic (exact) mass is 289 g/mol. The Bertz CT molecular complexity index is 580. The molecule has 0 aliphatic rings. The summed E-state index contributed by atoms with van der Waals surface area (Å²) < 4.78 is 10.4. The third-order valence-electron chi connectivity index (χ3n) is 3.50. The quantitative estimate of drug-likeness (QED) is 0.885. The largest absolute Gasteiger partial charge is 0.497 e. The van der Waals surface area contributed by atoms with Crippen molar-refractivity contribution < 1.29 is 9.26 Å². The first kappa shape index (κ1) is 15.5. The first-order valence-electron chi connectivity index (χ1n) is 7.03. The molecule has 21 heavy (non-hydrogen) atoms. The van der Waals surface area contributed by atoms with Gasteiger partial charge in [-0.15, -0.1) is 0 Å². The zero-order valence-corrected chi connectivity index (χ0v) is 13.0. The molecule has 0 bridgehead atoms. The van der Waals surface area contributed by atoms with Gasteiger partial charge in [0.25, 0.3) is 0 Å². The van der Waals surface area contributed by atoms with E-state index in [0.717, 1.165) is 22.8 Å². The molecule has 0 saturated heterocycles. The number of nitrogens with two attached hydrogens (primary N) is 1. The van der Waals surface area contributed by atoms with Gasteiger partial charge in [-0.3, -0.25) is 4.90 Å². The van der Waals surface area contributed by atoms with E-state index in [2.05, 4.69) is 16.1 Å². The standard InChI is InChI=1S/C16H23N3O2/c1-11-8-14(18-21-11)10-19(3)16(12(2)17)13-6-5-7-15(9-13)20-4/h5-9,12,16H,10,17H2,1-4H3. The Hall–Kier alpha value is -1.85. The van der Waals surface area contributed by atoms with Gasteiger partial charge in [0.05, 0.1) is 12.8 Å². The SMILES string of the molecule is COc1cccc(C(C(C)N)N(C)Cc2cc(C)on2)c1. The van der Waals surface area contributed by atoms with Crippen LogP contribution in [0.15, 0.2) is 34.9 Å². The van der Waals surface area contributed by atoms with Crippen molar-refractivity contribution in [2.24, 2.45) is 5.73 Å². The number of ether oxygens (including phenoxy) is 1. The maximum Gasteiger partial charge on any atom is 0.133 e. The number of aromatic nitrogens is 1. The van der Waals surface area contributed by atoms with Crippen molar-refractivity contribution in [2.45, 2.75) is 32.5 Å². The average molecular weight is 289 g/mol. The van der Waals surface area contributed by atoms with Crippen molar-refractivity contribution in [1.29, 1.82) is 0 Å². The molecule has 0 saturated carbocycles. The zero-order valence-electron chi connectivity index (χ0n) is 13.0. The summed E-state index contributed by atoms with van der Waals surface area (Å²) in [5.41, 5.74) is 8.23. The molecule has 0 aliphatic heterocycles. The summed E-state index contributed by atoms with van der Waals surface area (Å²) in [6, 6.07) is 10.0. The second kappa shape index (κ2) is 6.74. The molecule has 2 rings (SSSR count). The minimum Gasteiger partial charge on any atom is -0.497 e. The Morgan fingerprint density at radius 2 is 2.14 bits per heavy atom. The fraction of sp³-hybridized carbons (Fsp3) is 0.438. The van der Waals surface area contributed by atoms with Crippen LogP contribution in [0.5, 0.6) is 5.75 Å². The molecule has 1 heterocycles. The van der Waals surface area contributed by atoms with Crippen molar-refractivity contribution >= 4 is 0 Å². The number of hydrogen-bond donors (Lipinski definition) is 1. The van der Waals surface area contributed by atoms with E-state index < -0.39 is 0 Å². The second-order valence-corrected chi connectivity index (χ2v) is 5.42. The number of rotatable bonds is 6. The van der Waals surface area contributed by atoms with Gasteiger partial charge in [0.15, 0.2) is 0 Å². The number of methoxy groups -OCH3 is 1. The number of nitrogens with zero attached hydrogens (tertiary/aromatic N) is 2. The van der Waals surface area contributed by atoms with Crippen LogP contribution in [-0.2, 0) is 6.54 Å². The van der Waals surface area contributed by atoms with Crippen molar-refractivity contribution in [3.63, 3.8) is 0 Å². The van der Waals surface area contributed by atoms with Crippen LogP contribution in [-0.4, -0.2) is 30.3 Å². The molecule has 2 atom stereocenters. The van der Waals surface area contributed by atoms with Crippen LogP contribution in [0.2, 0.25) is 0 Å². The summed E-state index contributed by atoms with van der Waals surface area (Å²) in [5, 5.41) is 4.04. The van der Waals surface area contributed by atoms with Gasteiger partial charge in [-0.2, -0.15) is 0 Å². The molecule has 1 aromatic carbocycles. The Balaban J connectivity index is 2.21. The van der Waals surface area contributed by atoms with Gasteiger partial charge in [0.2, 0.25) is 0 Å². The van der Waals surface area contributed by atoms with Crippen LogP contribution in [0.3, 0.4) is 0 Å². The number of hydrogen-bond acceptors (Lipinski definition) is 5. The van der Waals surface area contributed by atoms with Crippen molar-refractivity contribution in [1.82, 2.24) is 10.1 Å². The number of aryl methyl sites for hydroxylation is 1. The predicted octanol–water partition coefficient (Wildman–Crippen LogP) is 2.51. The van der Waals surface area contributed by atoms with Crippen molar-refractivity contribution in [3.8, 4) is 5.75 Å². The molecular formula is C16H23N3O2. The zero-order chi connectivity index (χ0) is 15.4. The maximum atomic E-state index is 6.19. The Morgan fingerprint density at radius 1 is 1.38 bits per heavy atom. The summed E-state index contributed by atoms with van der Waals surface area (Å²) >= 11 is 0. The molecule has 0 aliphatic carbocycles. The Morgan fingerprint density at radius 3 is 2.71 bits per heavy atom. The first-order chi connectivity index (χ1) is 10.0. The third kappa shape index (κ3) is 3.83. The van der Waals surface area contributed by atoms with Gasteiger partial charge in [-0.1, -0.05) is 17.3 Å². The average Bonchev–Trinajstić information content (AvgIpc) is 2.84. The second-order valence-electron chi connectivity index (χ2n) is 5.42. The molecule has 114 valence electrons. The minimum absolute atomic E-state index is 0.0184. The topological polar surface area (TPSA) is 64.5 Å². The maximum absolute atomic E-state index is 6.19. The fourth-order valence-corrected chi connectivity index (χ4v) is 2.63. The molecule has 5 heteroatoms. The minimum atomic E-state index is -0.0184. The predicted molar refractivity (Wildman–Crippen MR) is 82.1 cm³/mol. The summed E-state index contributed by atoms with van der Waals surface area (Å²) in [6.07, 6.45) is 0. The number of benzene rings is 1. The van der Waals surface area contributed by atoms with E-state index in [1.54, 1.807) is 7.11 Å². The first-order valence-corrected chi connectivity index (χ1v) is 7.03. The summed E-state index contributed by atoms with van der Waals surface area (Å²) in [5.74, 6) is 1.65. The normalized spacial score (nSPS) is 14.2. The van der Waals surface area contributed by atoms with Gasteiger partial charge in [-0.25, -0.2) is 0 Å². The van der Waals surface area contributed by atoms with Crippen LogP contribution in [0.4, 0.5) is 0 Å². The van der Waals surface area contributed by atoms with Crippen molar-refractivity contribution in [3.05, 3.63) is 47.3 Å². The third-order valence-corrected chi connectivity index (χ3v) is 3.50. The van der Waals surface area contributed by atoms with Gasteiger partial charge >= 0.3 is 0 Å². The number of likely N-dealkylation sites (N-methyl/N-ethyl adjacent to an activating group) is 1.